The molecule has 2 unspecified atom stereocenters. The van der Waals surface area contributed by atoms with E-state index in [2.05, 4.69) is 11.9 Å². The van der Waals surface area contributed by atoms with Crippen molar-refractivity contribution >= 4 is 5.91 Å². The van der Waals surface area contributed by atoms with Crippen LogP contribution in [-0.4, -0.2) is 40.1 Å². The van der Waals surface area contributed by atoms with Crippen LogP contribution in [0.5, 0.6) is 0 Å². The van der Waals surface area contributed by atoms with Crippen LogP contribution in [-0.2, 0) is 23.1 Å². The number of ether oxygens (including phenoxy) is 1. The van der Waals surface area contributed by atoms with Crippen LogP contribution in [0, 0.1) is 5.92 Å². The van der Waals surface area contributed by atoms with Crippen molar-refractivity contribution in [3.05, 3.63) is 18.2 Å². The van der Waals surface area contributed by atoms with Gasteiger partial charge in [0, 0.05) is 26.5 Å². The zero-order valence-electron chi connectivity index (χ0n) is 12.7. The summed E-state index contributed by atoms with van der Waals surface area (Å²) in [5, 5.41) is 0. The number of nitrogens with zero attached hydrogens (tertiary/aromatic N) is 3. The molecule has 1 aliphatic rings. The minimum Gasteiger partial charge on any atom is -0.368 e. The van der Waals surface area contributed by atoms with Crippen LogP contribution in [0.1, 0.15) is 38.4 Å². The molecule has 2 rings (SSSR count). The van der Waals surface area contributed by atoms with Crippen molar-refractivity contribution < 1.29 is 9.53 Å². The van der Waals surface area contributed by atoms with Gasteiger partial charge >= 0.3 is 0 Å². The van der Waals surface area contributed by atoms with E-state index in [9.17, 15) is 4.79 Å². The first-order valence-corrected chi connectivity index (χ1v) is 7.38. The van der Waals surface area contributed by atoms with E-state index in [0.29, 0.717) is 12.5 Å². The van der Waals surface area contributed by atoms with Crippen molar-refractivity contribution in [3.63, 3.8) is 0 Å². The van der Waals surface area contributed by atoms with Gasteiger partial charge in [-0.25, -0.2) is 4.98 Å². The van der Waals surface area contributed by atoms with Crippen molar-refractivity contribution in [1.29, 1.82) is 0 Å². The Morgan fingerprint density at radius 1 is 1.55 bits per heavy atom. The maximum Gasteiger partial charge on any atom is 0.248 e. The number of hydrogen-bond acceptors (Lipinski definition) is 3. The number of imidazole rings is 1. The molecule has 1 aromatic rings. The Kier molecular flexibility index (Phi) is 5.17. The molecule has 0 saturated heterocycles. The molecule has 1 amide bonds. The summed E-state index contributed by atoms with van der Waals surface area (Å²) in [6.45, 7) is 2.95. The topological polar surface area (TPSA) is 47.4 Å². The molecule has 0 bridgehead atoms. The van der Waals surface area contributed by atoms with Gasteiger partial charge in [-0.15, -0.1) is 0 Å². The van der Waals surface area contributed by atoms with Gasteiger partial charge in [-0.1, -0.05) is 19.8 Å². The predicted octanol–water partition coefficient (Wildman–Crippen LogP) is 1.97. The van der Waals surface area contributed by atoms with E-state index in [1.807, 2.05) is 17.8 Å². The van der Waals surface area contributed by atoms with E-state index < -0.39 is 0 Å². The highest BCUT2D eigenvalue weighted by atomic mass is 16.5. The van der Waals surface area contributed by atoms with Crippen LogP contribution in [0.25, 0.3) is 0 Å². The van der Waals surface area contributed by atoms with Crippen molar-refractivity contribution in [2.24, 2.45) is 13.0 Å². The number of rotatable bonds is 5. The van der Waals surface area contributed by atoms with E-state index in [1.165, 1.54) is 12.8 Å². The largest absolute Gasteiger partial charge is 0.368 e. The molecule has 2 atom stereocenters. The van der Waals surface area contributed by atoms with Crippen molar-refractivity contribution in [2.45, 2.75) is 45.3 Å². The quantitative estimate of drug-likeness (QED) is 0.828. The van der Waals surface area contributed by atoms with Crippen LogP contribution in [0.15, 0.2) is 12.4 Å². The van der Waals surface area contributed by atoms with Gasteiger partial charge in [0.15, 0.2) is 0 Å². The minimum absolute atomic E-state index is 0.0197. The lowest BCUT2D eigenvalue weighted by atomic mass is 9.89. The lowest BCUT2D eigenvalue weighted by molar-refractivity contribution is -0.138. The number of amides is 1. The number of carbonyl (C=O) groups is 1. The first kappa shape index (κ1) is 15.0. The van der Waals surface area contributed by atoms with E-state index in [1.54, 1.807) is 18.1 Å². The smallest absolute Gasteiger partial charge is 0.248 e. The Morgan fingerprint density at radius 2 is 2.35 bits per heavy atom. The number of likely N-dealkylation sites (N-methyl/N-ethyl adjacent to an activating group) is 1. The highest BCUT2D eigenvalue weighted by molar-refractivity contribution is 5.77. The van der Waals surface area contributed by atoms with Crippen LogP contribution in [0.2, 0.25) is 0 Å². The molecule has 1 heterocycles. The summed E-state index contributed by atoms with van der Waals surface area (Å²) in [5.41, 5.74) is 0. The molecule has 5 nitrogen and oxygen atoms in total. The van der Waals surface area contributed by atoms with Gasteiger partial charge in [-0.05, 0) is 18.8 Å². The Balaban J connectivity index is 1.75. The molecular weight excluding hydrogens is 254 g/mol. The molecule has 1 fully saturated rings. The van der Waals surface area contributed by atoms with Gasteiger partial charge in [0.25, 0.3) is 0 Å². The van der Waals surface area contributed by atoms with Gasteiger partial charge in [0.05, 0.1) is 12.6 Å². The van der Waals surface area contributed by atoms with Crippen LogP contribution < -0.4 is 0 Å². The lowest BCUT2D eigenvalue weighted by Crippen LogP contribution is -2.33. The van der Waals surface area contributed by atoms with Gasteiger partial charge in [0.2, 0.25) is 5.91 Å². The molecule has 0 radical (unpaired) electrons. The van der Waals surface area contributed by atoms with Gasteiger partial charge in [0.1, 0.15) is 12.4 Å². The first-order chi connectivity index (χ1) is 9.56. The van der Waals surface area contributed by atoms with Crippen molar-refractivity contribution in [1.82, 2.24) is 14.5 Å². The average Bonchev–Trinajstić information content (AvgIpc) is 2.81. The summed E-state index contributed by atoms with van der Waals surface area (Å²) in [7, 11) is 3.73. The fourth-order valence-corrected chi connectivity index (χ4v) is 2.68. The Labute approximate surface area is 120 Å². The number of carbonyl (C=O) groups excluding carboxylic acids is 1. The molecule has 0 aliphatic heterocycles. The number of aryl methyl sites for hydroxylation is 1. The standard InChI is InChI=1S/C15H25N3O2/c1-12-5-4-6-13(9-12)20-11-15(19)18(3)10-14-16-7-8-17(14)2/h7-8,12-13H,4-6,9-11H2,1-3H3. The van der Waals surface area contributed by atoms with Crippen LogP contribution in [0.3, 0.4) is 0 Å². The number of hydrogen-bond donors (Lipinski definition) is 0. The van der Waals surface area contributed by atoms with Crippen molar-refractivity contribution in [2.75, 3.05) is 13.7 Å². The fraction of sp³-hybridized carbons (Fsp3) is 0.733. The van der Waals surface area contributed by atoms with Crippen molar-refractivity contribution in [3.8, 4) is 0 Å². The molecule has 20 heavy (non-hydrogen) atoms. The second kappa shape index (κ2) is 6.88. The van der Waals surface area contributed by atoms with Gasteiger partial charge in [-0.3, -0.25) is 4.79 Å². The third-order valence-corrected chi connectivity index (χ3v) is 4.06. The highest BCUT2D eigenvalue weighted by Crippen LogP contribution is 2.25. The molecule has 1 saturated carbocycles. The summed E-state index contributed by atoms with van der Waals surface area (Å²) >= 11 is 0. The summed E-state index contributed by atoms with van der Waals surface area (Å²) in [6.07, 6.45) is 8.54. The zero-order valence-corrected chi connectivity index (χ0v) is 12.7. The molecule has 112 valence electrons. The second-order valence-electron chi connectivity index (χ2n) is 5.91. The summed E-state index contributed by atoms with van der Waals surface area (Å²) < 4.78 is 7.69. The highest BCUT2D eigenvalue weighted by Gasteiger charge is 2.21. The van der Waals surface area contributed by atoms with E-state index in [-0.39, 0.29) is 18.6 Å². The Bertz CT molecular complexity index is 444. The Morgan fingerprint density at radius 3 is 3.00 bits per heavy atom. The predicted molar refractivity (Wildman–Crippen MR) is 77.1 cm³/mol. The average molecular weight is 279 g/mol. The second-order valence-corrected chi connectivity index (χ2v) is 5.91. The third-order valence-electron chi connectivity index (χ3n) is 4.06. The van der Waals surface area contributed by atoms with Gasteiger partial charge in [-0.2, -0.15) is 0 Å². The molecule has 0 N–H and O–H groups in total. The SMILES string of the molecule is CC1CCCC(OCC(=O)N(C)Cc2nccn2C)C1. The maximum absolute atomic E-state index is 12.1. The molecule has 1 aromatic heterocycles. The van der Waals surface area contributed by atoms with E-state index >= 15 is 0 Å². The maximum atomic E-state index is 12.1. The van der Waals surface area contributed by atoms with Crippen LogP contribution >= 0.6 is 0 Å². The third kappa shape index (κ3) is 4.07. The minimum atomic E-state index is 0.0197. The molecule has 5 heteroatoms. The summed E-state index contributed by atoms with van der Waals surface area (Å²) in [4.78, 5) is 18.0. The molecular formula is C15H25N3O2. The first-order valence-electron chi connectivity index (χ1n) is 7.38. The van der Waals surface area contributed by atoms with E-state index in [4.69, 9.17) is 4.74 Å². The number of aromatic nitrogens is 2. The fourth-order valence-electron chi connectivity index (χ4n) is 2.68. The van der Waals surface area contributed by atoms with Gasteiger partial charge < -0.3 is 14.2 Å². The summed E-state index contributed by atoms with van der Waals surface area (Å²) in [5.74, 6) is 1.62. The molecule has 1 aliphatic carbocycles. The summed E-state index contributed by atoms with van der Waals surface area (Å²) in [6, 6.07) is 0. The zero-order chi connectivity index (χ0) is 14.5. The van der Waals surface area contributed by atoms with Crippen LogP contribution in [0.4, 0.5) is 0 Å². The van der Waals surface area contributed by atoms with E-state index in [0.717, 1.165) is 18.7 Å². The normalized spacial score (nSPS) is 22.8. The Hall–Kier alpha value is -1.36. The lowest BCUT2D eigenvalue weighted by Gasteiger charge is -2.27. The monoisotopic (exact) mass is 279 g/mol. The molecule has 0 spiro atoms. The molecule has 0 aromatic carbocycles.